The number of piperidine rings is 1. The van der Waals surface area contributed by atoms with Crippen molar-refractivity contribution in [3.8, 4) is 17.2 Å². The van der Waals surface area contributed by atoms with Crippen molar-refractivity contribution in [2.45, 2.75) is 19.4 Å². The molecule has 0 spiro atoms. The van der Waals surface area contributed by atoms with Crippen molar-refractivity contribution < 1.29 is 14.2 Å². The molecule has 21 heavy (non-hydrogen) atoms. The molecule has 0 saturated carbocycles. The maximum Gasteiger partial charge on any atom is 0.164 e. The summed E-state index contributed by atoms with van der Waals surface area (Å²) in [6.45, 7) is 3.83. The molecular weight excluding hydrogens is 268 g/mol. The Balaban J connectivity index is 2.12. The molecule has 0 aromatic heterocycles. The van der Waals surface area contributed by atoms with Gasteiger partial charge in [0.15, 0.2) is 11.5 Å². The lowest BCUT2D eigenvalue weighted by Crippen LogP contribution is -2.35. The van der Waals surface area contributed by atoms with Gasteiger partial charge in [0.05, 0.1) is 21.3 Å². The zero-order chi connectivity index (χ0) is 15.2. The lowest BCUT2D eigenvalue weighted by atomic mass is 9.96. The number of hydrogen-bond donors (Lipinski definition) is 1. The summed E-state index contributed by atoms with van der Waals surface area (Å²) in [6.07, 6.45) is 2.35. The predicted molar refractivity (Wildman–Crippen MR) is 83.2 cm³/mol. The highest BCUT2D eigenvalue weighted by Gasteiger charge is 2.20. The van der Waals surface area contributed by atoms with Gasteiger partial charge in [-0.05, 0) is 44.5 Å². The Kier molecular flexibility index (Phi) is 5.70. The molecule has 1 aromatic rings. The predicted octanol–water partition coefficient (Wildman–Crippen LogP) is 1.88. The van der Waals surface area contributed by atoms with Crippen LogP contribution in [0.2, 0.25) is 0 Å². The number of nitrogens with zero attached hydrogens (tertiary/aromatic N) is 1. The van der Waals surface area contributed by atoms with E-state index in [1.165, 1.54) is 12.8 Å². The molecule has 1 saturated heterocycles. The molecule has 5 heteroatoms. The molecule has 5 nitrogen and oxygen atoms in total. The van der Waals surface area contributed by atoms with Crippen LogP contribution in [0.4, 0.5) is 0 Å². The van der Waals surface area contributed by atoms with E-state index < -0.39 is 0 Å². The first-order chi connectivity index (χ1) is 10.2. The highest BCUT2D eigenvalue weighted by Crippen LogP contribution is 2.35. The average molecular weight is 294 g/mol. The van der Waals surface area contributed by atoms with Crippen molar-refractivity contribution in [2.24, 2.45) is 11.7 Å². The molecule has 1 fully saturated rings. The van der Waals surface area contributed by atoms with Crippen LogP contribution in [0, 0.1) is 5.92 Å². The Labute approximate surface area is 127 Å². The molecule has 2 rings (SSSR count). The topological polar surface area (TPSA) is 57.0 Å². The average Bonchev–Trinajstić information content (AvgIpc) is 2.55. The number of benzene rings is 1. The van der Waals surface area contributed by atoms with Gasteiger partial charge in [0.25, 0.3) is 0 Å². The zero-order valence-electron chi connectivity index (χ0n) is 13.2. The molecular formula is C16H26N2O3. The molecule has 0 unspecified atom stereocenters. The van der Waals surface area contributed by atoms with E-state index in [4.69, 9.17) is 19.9 Å². The van der Waals surface area contributed by atoms with Gasteiger partial charge < -0.3 is 19.9 Å². The minimum absolute atomic E-state index is 0.675. The second-order valence-electron chi connectivity index (χ2n) is 5.47. The maximum atomic E-state index is 5.75. The van der Waals surface area contributed by atoms with Crippen molar-refractivity contribution in [3.63, 3.8) is 0 Å². The summed E-state index contributed by atoms with van der Waals surface area (Å²) in [5, 5.41) is 0. The first-order valence-electron chi connectivity index (χ1n) is 7.43. The lowest BCUT2D eigenvalue weighted by Gasteiger charge is -2.31. The SMILES string of the molecule is COc1cc(OC)c(OC)cc1CN1CCC(CN)CC1. The smallest absolute Gasteiger partial charge is 0.164 e. The van der Waals surface area contributed by atoms with Crippen molar-refractivity contribution in [2.75, 3.05) is 41.0 Å². The fourth-order valence-corrected chi connectivity index (χ4v) is 2.84. The van der Waals surface area contributed by atoms with Crippen LogP contribution in [0.5, 0.6) is 17.2 Å². The van der Waals surface area contributed by atoms with E-state index in [2.05, 4.69) is 4.90 Å². The largest absolute Gasteiger partial charge is 0.496 e. The minimum atomic E-state index is 0.675. The maximum absolute atomic E-state index is 5.75. The molecule has 0 atom stereocenters. The van der Waals surface area contributed by atoms with Crippen LogP contribution in [0.1, 0.15) is 18.4 Å². The molecule has 1 aromatic carbocycles. The number of methoxy groups -OCH3 is 3. The van der Waals surface area contributed by atoms with E-state index in [-0.39, 0.29) is 0 Å². The Morgan fingerprint density at radius 3 is 2.10 bits per heavy atom. The lowest BCUT2D eigenvalue weighted by molar-refractivity contribution is 0.178. The van der Waals surface area contributed by atoms with Gasteiger partial charge in [-0.3, -0.25) is 4.90 Å². The normalized spacial score (nSPS) is 16.8. The quantitative estimate of drug-likeness (QED) is 0.868. The van der Waals surface area contributed by atoms with E-state index in [0.29, 0.717) is 11.7 Å². The second kappa shape index (κ2) is 7.52. The van der Waals surface area contributed by atoms with Gasteiger partial charge in [0, 0.05) is 18.2 Å². The molecule has 0 radical (unpaired) electrons. The molecule has 0 bridgehead atoms. The Morgan fingerprint density at radius 1 is 1.00 bits per heavy atom. The summed E-state index contributed by atoms with van der Waals surface area (Å²) in [5.41, 5.74) is 6.87. The van der Waals surface area contributed by atoms with Crippen molar-refractivity contribution in [3.05, 3.63) is 17.7 Å². The van der Waals surface area contributed by atoms with Crippen LogP contribution in [-0.2, 0) is 6.54 Å². The highest BCUT2D eigenvalue weighted by atomic mass is 16.5. The van der Waals surface area contributed by atoms with E-state index in [9.17, 15) is 0 Å². The molecule has 0 amide bonds. The van der Waals surface area contributed by atoms with Crippen LogP contribution >= 0.6 is 0 Å². The minimum Gasteiger partial charge on any atom is -0.496 e. The Bertz CT molecular complexity index is 457. The first-order valence-corrected chi connectivity index (χ1v) is 7.43. The van der Waals surface area contributed by atoms with Crippen LogP contribution in [0.15, 0.2) is 12.1 Å². The molecule has 1 aliphatic heterocycles. The Morgan fingerprint density at radius 2 is 1.57 bits per heavy atom. The fourth-order valence-electron chi connectivity index (χ4n) is 2.84. The Hall–Kier alpha value is -1.46. The van der Waals surface area contributed by atoms with E-state index in [0.717, 1.165) is 43.2 Å². The number of ether oxygens (including phenoxy) is 3. The monoisotopic (exact) mass is 294 g/mol. The number of rotatable bonds is 6. The number of likely N-dealkylation sites (tertiary alicyclic amines) is 1. The fraction of sp³-hybridized carbons (Fsp3) is 0.625. The van der Waals surface area contributed by atoms with Crippen LogP contribution < -0.4 is 19.9 Å². The summed E-state index contributed by atoms with van der Waals surface area (Å²) < 4.78 is 16.2. The van der Waals surface area contributed by atoms with Gasteiger partial charge in [-0.25, -0.2) is 0 Å². The summed E-state index contributed by atoms with van der Waals surface area (Å²) >= 11 is 0. The zero-order valence-corrected chi connectivity index (χ0v) is 13.2. The van der Waals surface area contributed by atoms with Crippen LogP contribution in [0.3, 0.4) is 0 Å². The molecule has 1 aliphatic rings. The molecule has 2 N–H and O–H groups in total. The summed E-state index contributed by atoms with van der Waals surface area (Å²) in [6, 6.07) is 3.90. The first kappa shape index (κ1) is 15.9. The third kappa shape index (κ3) is 3.80. The van der Waals surface area contributed by atoms with Gasteiger partial charge in [0.2, 0.25) is 0 Å². The van der Waals surface area contributed by atoms with E-state index >= 15 is 0 Å². The third-order valence-electron chi connectivity index (χ3n) is 4.22. The summed E-state index contributed by atoms with van der Waals surface area (Å²) in [4.78, 5) is 2.44. The van der Waals surface area contributed by atoms with Crippen molar-refractivity contribution >= 4 is 0 Å². The van der Waals surface area contributed by atoms with Gasteiger partial charge in [-0.1, -0.05) is 0 Å². The van der Waals surface area contributed by atoms with Crippen LogP contribution in [-0.4, -0.2) is 45.9 Å². The number of hydrogen-bond acceptors (Lipinski definition) is 5. The molecule has 1 heterocycles. The summed E-state index contributed by atoms with van der Waals surface area (Å²) in [5.74, 6) is 2.95. The molecule has 0 aliphatic carbocycles. The van der Waals surface area contributed by atoms with Gasteiger partial charge in [-0.2, -0.15) is 0 Å². The van der Waals surface area contributed by atoms with Crippen LogP contribution in [0.25, 0.3) is 0 Å². The van der Waals surface area contributed by atoms with Crippen molar-refractivity contribution in [1.29, 1.82) is 0 Å². The second-order valence-corrected chi connectivity index (χ2v) is 5.47. The summed E-state index contributed by atoms with van der Waals surface area (Å²) in [7, 11) is 4.97. The van der Waals surface area contributed by atoms with Gasteiger partial charge in [0.1, 0.15) is 5.75 Å². The van der Waals surface area contributed by atoms with E-state index in [1.54, 1.807) is 21.3 Å². The van der Waals surface area contributed by atoms with Gasteiger partial charge in [-0.15, -0.1) is 0 Å². The third-order valence-corrected chi connectivity index (χ3v) is 4.22. The highest BCUT2D eigenvalue weighted by molar-refractivity contribution is 5.50. The standard InChI is InChI=1S/C16H26N2O3/c1-19-14-9-16(21-3)15(20-2)8-13(14)11-18-6-4-12(10-17)5-7-18/h8-9,12H,4-7,10-11,17H2,1-3H3. The van der Waals surface area contributed by atoms with E-state index in [1.807, 2.05) is 12.1 Å². The number of nitrogens with two attached hydrogens (primary N) is 1. The van der Waals surface area contributed by atoms with Crippen molar-refractivity contribution in [1.82, 2.24) is 4.90 Å². The molecule has 118 valence electrons. The van der Waals surface area contributed by atoms with Gasteiger partial charge >= 0.3 is 0 Å².